The third-order valence-corrected chi connectivity index (χ3v) is 2.66. The van der Waals surface area contributed by atoms with Gasteiger partial charge < -0.3 is 5.32 Å². The van der Waals surface area contributed by atoms with Crippen LogP contribution in [0.1, 0.15) is 23.7 Å². The summed E-state index contributed by atoms with van der Waals surface area (Å²) in [7, 11) is 0. The topological polar surface area (TPSA) is 92.7 Å². The van der Waals surface area contributed by atoms with Crippen molar-refractivity contribution in [1.82, 2.24) is 19.8 Å². The van der Waals surface area contributed by atoms with E-state index in [9.17, 15) is 4.79 Å². The number of pyridine rings is 1. The fourth-order valence-corrected chi connectivity index (χ4v) is 1.70. The molecule has 2 aromatic heterocycles. The smallest absolute Gasteiger partial charge is 0.261 e. The van der Waals surface area contributed by atoms with Gasteiger partial charge in [0.2, 0.25) is 5.13 Å². The van der Waals surface area contributed by atoms with Gasteiger partial charge in [-0.05, 0) is 17.7 Å². The highest BCUT2D eigenvalue weighted by Crippen LogP contribution is 2.16. The van der Waals surface area contributed by atoms with Gasteiger partial charge in [0.05, 0.1) is 11.3 Å². The van der Waals surface area contributed by atoms with Gasteiger partial charge in [-0.1, -0.05) is 16.5 Å². The van der Waals surface area contributed by atoms with Crippen LogP contribution in [0.4, 0.5) is 10.8 Å². The fraction of sp³-hybridized carbons (Fsp3) is 0.300. The second kappa shape index (κ2) is 6.01. The largest absolute Gasteiger partial charge is 0.384 e. The van der Waals surface area contributed by atoms with Crippen molar-refractivity contribution < 1.29 is 4.79 Å². The number of carbonyl (C=O) groups is 1. The predicted molar refractivity (Wildman–Crippen MR) is 68.7 cm³/mol. The lowest BCUT2D eigenvalue weighted by atomic mass is 10.2. The van der Waals surface area contributed by atoms with Gasteiger partial charge in [-0.15, -0.1) is 0 Å². The SMILES string of the molecule is CCCNc1ccncc1C(=O)Nc1nnns1. The van der Waals surface area contributed by atoms with Gasteiger partial charge in [0.1, 0.15) is 0 Å². The van der Waals surface area contributed by atoms with E-state index in [1.807, 2.05) is 0 Å². The minimum Gasteiger partial charge on any atom is -0.384 e. The van der Waals surface area contributed by atoms with Crippen LogP contribution in [0.3, 0.4) is 0 Å². The van der Waals surface area contributed by atoms with Gasteiger partial charge >= 0.3 is 0 Å². The summed E-state index contributed by atoms with van der Waals surface area (Å²) < 4.78 is 3.58. The van der Waals surface area contributed by atoms with Crippen molar-refractivity contribution in [2.24, 2.45) is 0 Å². The predicted octanol–water partition coefficient (Wildman–Crippen LogP) is 1.40. The molecule has 0 fully saturated rings. The molecular weight excluding hydrogens is 252 g/mol. The monoisotopic (exact) mass is 264 g/mol. The van der Waals surface area contributed by atoms with E-state index in [0.29, 0.717) is 10.7 Å². The van der Waals surface area contributed by atoms with Crippen LogP contribution in [0.25, 0.3) is 0 Å². The van der Waals surface area contributed by atoms with Crippen LogP contribution in [0.2, 0.25) is 0 Å². The molecule has 0 atom stereocenters. The number of anilines is 2. The maximum Gasteiger partial charge on any atom is 0.261 e. The zero-order valence-corrected chi connectivity index (χ0v) is 10.6. The van der Waals surface area contributed by atoms with Crippen molar-refractivity contribution in [3.05, 3.63) is 24.0 Å². The molecular formula is C10H12N6OS. The van der Waals surface area contributed by atoms with Gasteiger partial charge in [0.25, 0.3) is 5.91 Å². The summed E-state index contributed by atoms with van der Waals surface area (Å²) >= 11 is 1.02. The standard InChI is InChI=1S/C10H12N6OS/c1-2-4-12-8-3-5-11-6-7(8)9(17)13-10-14-15-16-18-10/h3,5-6H,2,4H2,1H3,(H,11,12)(H,13,14,16,17). The highest BCUT2D eigenvalue weighted by Gasteiger charge is 2.13. The molecule has 0 aromatic carbocycles. The summed E-state index contributed by atoms with van der Waals surface area (Å²) in [6.07, 6.45) is 4.13. The molecule has 18 heavy (non-hydrogen) atoms. The van der Waals surface area contributed by atoms with E-state index in [2.05, 4.69) is 37.3 Å². The quantitative estimate of drug-likeness (QED) is 0.848. The van der Waals surface area contributed by atoms with Crippen LogP contribution in [0.15, 0.2) is 18.5 Å². The number of carbonyl (C=O) groups excluding carboxylic acids is 1. The average Bonchev–Trinajstić information content (AvgIpc) is 2.89. The maximum atomic E-state index is 12.0. The van der Waals surface area contributed by atoms with Gasteiger partial charge in [-0.3, -0.25) is 15.1 Å². The summed E-state index contributed by atoms with van der Waals surface area (Å²) in [6, 6.07) is 1.77. The van der Waals surface area contributed by atoms with Crippen LogP contribution >= 0.6 is 11.5 Å². The summed E-state index contributed by atoms with van der Waals surface area (Å²) in [5.41, 5.74) is 1.22. The third-order valence-electron chi connectivity index (χ3n) is 2.15. The molecule has 0 spiro atoms. The van der Waals surface area contributed by atoms with Gasteiger partial charge in [-0.25, -0.2) is 0 Å². The van der Waals surface area contributed by atoms with Gasteiger partial charge in [0.15, 0.2) is 0 Å². The van der Waals surface area contributed by atoms with Crippen molar-refractivity contribution in [3.63, 3.8) is 0 Å². The molecule has 0 aliphatic carbocycles. The Morgan fingerprint density at radius 2 is 2.39 bits per heavy atom. The molecule has 0 bridgehead atoms. The highest BCUT2D eigenvalue weighted by atomic mass is 32.1. The number of hydrogen-bond acceptors (Lipinski definition) is 7. The molecule has 0 unspecified atom stereocenters. The number of hydrogen-bond donors (Lipinski definition) is 2. The van der Waals surface area contributed by atoms with Crippen molar-refractivity contribution in [2.75, 3.05) is 17.2 Å². The molecule has 8 heteroatoms. The molecule has 7 nitrogen and oxygen atoms in total. The Labute approximate surface area is 108 Å². The lowest BCUT2D eigenvalue weighted by molar-refractivity contribution is 0.102. The summed E-state index contributed by atoms with van der Waals surface area (Å²) in [5.74, 6) is -0.278. The zero-order valence-electron chi connectivity index (χ0n) is 9.75. The van der Waals surface area contributed by atoms with Crippen LogP contribution in [-0.4, -0.2) is 32.2 Å². The minimum atomic E-state index is -0.278. The lowest BCUT2D eigenvalue weighted by Gasteiger charge is -2.09. The molecule has 0 saturated heterocycles. The highest BCUT2D eigenvalue weighted by molar-refractivity contribution is 7.09. The Morgan fingerprint density at radius 3 is 3.11 bits per heavy atom. The Kier molecular flexibility index (Phi) is 4.13. The van der Waals surface area contributed by atoms with Crippen molar-refractivity contribution >= 4 is 28.3 Å². The molecule has 2 heterocycles. The molecule has 2 N–H and O–H groups in total. The second-order valence-corrected chi connectivity index (χ2v) is 4.20. The lowest BCUT2D eigenvalue weighted by Crippen LogP contribution is -2.15. The minimum absolute atomic E-state index is 0.278. The Bertz CT molecular complexity index is 515. The first-order valence-electron chi connectivity index (χ1n) is 5.45. The molecule has 2 rings (SSSR count). The maximum absolute atomic E-state index is 12.0. The molecule has 0 saturated carbocycles. The molecule has 0 aliphatic rings. The van der Waals surface area contributed by atoms with Crippen LogP contribution in [0, 0.1) is 0 Å². The van der Waals surface area contributed by atoms with Crippen molar-refractivity contribution in [2.45, 2.75) is 13.3 Å². The fourth-order valence-electron chi connectivity index (χ4n) is 1.34. The molecule has 0 aliphatic heterocycles. The molecule has 94 valence electrons. The van der Waals surface area contributed by atoms with E-state index >= 15 is 0 Å². The Morgan fingerprint density at radius 1 is 1.50 bits per heavy atom. The van der Waals surface area contributed by atoms with E-state index in [1.54, 1.807) is 12.3 Å². The zero-order chi connectivity index (χ0) is 12.8. The van der Waals surface area contributed by atoms with Crippen LogP contribution in [-0.2, 0) is 0 Å². The summed E-state index contributed by atoms with van der Waals surface area (Å²) in [5, 5.41) is 13.2. The first-order chi connectivity index (χ1) is 8.81. The van der Waals surface area contributed by atoms with E-state index in [0.717, 1.165) is 30.2 Å². The summed E-state index contributed by atoms with van der Waals surface area (Å²) in [4.78, 5) is 16.0. The Balaban J connectivity index is 2.13. The van der Waals surface area contributed by atoms with Crippen LogP contribution < -0.4 is 10.6 Å². The van der Waals surface area contributed by atoms with Crippen molar-refractivity contribution in [1.29, 1.82) is 0 Å². The number of aromatic nitrogens is 4. The molecule has 0 radical (unpaired) electrons. The number of amides is 1. The number of nitrogens with one attached hydrogen (secondary N) is 2. The van der Waals surface area contributed by atoms with Crippen molar-refractivity contribution in [3.8, 4) is 0 Å². The summed E-state index contributed by atoms with van der Waals surface area (Å²) in [6.45, 7) is 2.85. The number of rotatable bonds is 5. The van der Waals surface area contributed by atoms with E-state index in [-0.39, 0.29) is 5.91 Å². The molecule has 2 aromatic rings. The third kappa shape index (κ3) is 2.98. The number of nitrogens with zero attached hydrogens (tertiary/aromatic N) is 4. The van der Waals surface area contributed by atoms with Crippen LogP contribution in [0.5, 0.6) is 0 Å². The average molecular weight is 264 g/mol. The second-order valence-electron chi connectivity index (χ2n) is 3.47. The Hall–Kier alpha value is -2.09. The van der Waals surface area contributed by atoms with E-state index in [4.69, 9.17) is 0 Å². The first kappa shape index (κ1) is 12.4. The molecule has 1 amide bonds. The normalized spacial score (nSPS) is 10.1. The first-order valence-corrected chi connectivity index (χ1v) is 6.23. The van der Waals surface area contributed by atoms with Gasteiger partial charge in [-0.2, -0.15) is 0 Å². The van der Waals surface area contributed by atoms with E-state index < -0.39 is 0 Å². The van der Waals surface area contributed by atoms with Gasteiger partial charge in [0, 0.05) is 30.5 Å². The van der Waals surface area contributed by atoms with E-state index in [1.165, 1.54) is 6.20 Å².